The molecule has 0 aromatic heterocycles. The monoisotopic (exact) mass is 312 g/mol. The van der Waals surface area contributed by atoms with Gasteiger partial charge in [0.05, 0.1) is 0 Å². The second-order valence-electron chi connectivity index (χ2n) is 5.60. The van der Waals surface area contributed by atoms with Crippen LogP contribution >= 0.6 is 0 Å². The van der Waals surface area contributed by atoms with Crippen LogP contribution in [-0.4, -0.2) is 17.9 Å². The zero-order valence-corrected chi connectivity index (χ0v) is 12.8. The van der Waals surface area contributed by atoms with E-state index in [2.05, 4.69) is 5.32 Å². The number of halogens is 1. The summed E-state index contributed by atoms with van der Waals surface area (Å²) in [6.45, 7) is 1.91. The number of hydrogen-bond donors (Lipinski definition) is 1. The van der Waals surface area contributed by atoms with E-state index in [1.165, 1.54) is 29.2 Å². The summed E-state index contributed by atoms with van der Waals surface area (Å²) in [5, 5.41) is 2.88. The lowest BCUT2D eigenvalue weighted by atomic mass is 10.1. The van der Waals surface area contributed by atoms with Gasteiger partial charge in [-0.1, -0.05) is 18.2 Å². The van der Waals surface area contributed by atoms with Gasteiger partial charge in [-0.2, -0.15) is 0 Å². The maximum Gasteiger partial charge on any atom is 0.247 e. The summed E-state index contributed by atoms with van der Waals surface area (Å²) in [5.74, 6) is -0.725. The van der Waals surface area contributed by atoms with Gasteiger partial charge in [0.25, 0.3) is 0 Å². The maximum absolute atomic E-state index is 13.1. The highest BCUT2D eigenvalue weighted by atomic mass is 19.1. The van der Waals surface area contributed by atoms with Gasteiger partial charge in [-0.05, 0) is 49.2 Å². The van der Waals surface area contributed by atoms with Gasteiger partial charge < -0.3 is 5.32 Å². The van der Waals surface area contributed by atoms with E-state index in [4.69, 9.17) is 0 Å². The van der Waals surface area contributed by atoms with Crippen molar-refractivity contribution in [2.24, 2.45) is 0 Å². The highest BCUT2D eigenvalue weighted by Gasteiger charge is 2.37. The van der Waals surface area contributed by atoms with Crippen molar-refractivity contribution >= 4 is 23.2 Å². The molecule has 0 spiro atoms. The molecule has 1 fully saturated rings. The number of rotatable bonds is 3. The molecule has 2 amide bonds. The molecule has 1 saturated heterocycles. The van der Waals surface area contributed by atoms with E-state index in [0.717, 1.165) is 11.3 Å². The minimum absolute atomic E-state index is 0.124. The van der Waals surface area contributed by atoms with Gasteiger partial charge in [0.15, 0.2) is 0 Å². The number of nitrogens with zero attached hydrogens (tertiary/aromatic N) is 1. The van der Waals surface area contributed by atoms with Crippen molar-refractivity contribution in [3.8, 4) is 0 Å². The Balaban J connectivity index is 1.83. The van der Waals surface area contributed by atoms with Crippen LogP contribution in [0.25, 0.3) is 0 Å². The first kappa shape index (κ1) is 15.2. The predicted molar refractivity (Wildman–Crippen MR) is 86.7 cm³/mol. The molecule has 1 N–H and O–H groups in total. The smallest absolute Gasteiger partial charge is 0.247 e. The first-order chi connectivity index (χ1) is 11.1. The quantitative estimate of drug-likeness (QED) is 0.945. The van der Waals surface area contributed by atoms with Crippen LogP contribution in [0.2, 0.25) is 0 Å². The fourth-order valence-electron chi connectivity index (χ4n) is 2.79. The summed E-state index contributed by atoms with van der Waals surface area (Å²) >= 11 is 0. The molecule has 2 aromatic carbocycles. The molecule has 0 bridgehead atoms. The fourth-order valence-corrected chi connectivity index (χ4v) is 2.79. The third-order valence-electron chi connectivity index (χ3n) is 4.02. The summed E-state index contributed by atoms with van der Waals surface area (Å²) in [7, 11) is 0. The average molecular weight is 312 g/mol. The van der Waals surface area contributed by atoms with Gasteiger partial charge in [-0.3, -0.25) is 14.5 Å². The SMILES string of the molecule is Cc1ccccc1NC(=O)C1CCC(=O)N1c1ccc(F)cc1. The molecule has 0 saturated carbocycles. The molecule has 1 atom stereocenters. The Morgan fingerprint density at radius 1 is 1.17 bits per heavy atom. The largest absolute Gasteiger partial charge is 0.324 e. The highest BCUT2D eigenvalue weighted by molar-refractivity contribution is 6.07. The lowest BCUT2D eigenvalue weighted by molar-refractivity contribution is -0.120. The van der Waals surface area contributed by atoms with E-state index in [1.807, 2.05) is 31.2 Å². The second-order valence-corrected chi connectivity index (χ2v) is 5.60. The Bertz CT molecular complexity index is 743. The van der Waals surface area contributed by atoms with E-state index in [9.17, 15) is 14.0 Å². The maximum atomic E-state index is 13.1. The van der Waals surface area contributed by atoms with E-state index in [1.54, 1.807) is 0 Å². The van der Waals surface area contributed by atoms with Crippen molar-refractivity contribution < 1.29 is 14.0 Å². The molecule has 4 nitrogen and oxygen atoms in total. The molecule has 118 valence electrons. The zero-order valence-electron chi connectivity index (χ0n) is 12.8. The molecule has 3 rings (SSSR count). The number of aryl methyl sites for hydroxylation is 1. The summed E-state index contributed by atoms with van der Waals surface area (Å²) in [6, 6.07) is 12.5. The Kier molecular flexibility index (Phi) is 4.10. The first-order valence-electron chi connectivity index (χ1n) is 7.50. The summed E-state index contributed by atoms with van der Waals surface area (Å²) in [4.78, 5) is 26.2. The van der Waals surface area contributed by atoms with Crippen molar-refractivity contribution in [1.82, 2.24) is 0 Å². The van der Waals surface area contributed by atoms with E-state index in [0.29, 0.717) is 18.5 Å². The Labute approximate surface area is 133 Å². The summed E-state index contributed by atoms with van der Waals surface area (Å²) in [5.41, 5.74) is 2.23. The van der Waals surface area contributed by atoms with Crippen LogP contribution in [-0.2, 0) is 9.59 Å². The van der Waals surface area contributed by atoms with E-state index >= 15 is 0 Å². The molecule has 0 aliphatic carbocycles. The van der Waals surface area contributed by atoms with Crippen LogP contribution in [0.15, 0.2) is 48.5 Å². The molecule has 1 aliphatic heterocycles. The number of carbonyl (C=O) groups is 2. The molecule has 1 heterocycles. The average Bonchev–Trinajstić information content (AvgIpc) is 2.92. The van der Waals surface area contributed by atoms with Crippen LogP contribution in [0, 0.1) is 12.7 Å². The predicted octanol–water partition coefficient (Wildman–Crippen LogP) is 3.27. The molecular weight excluding hydrogens is 295 g/mol. The molecule has 1 aliphatic rings. The topological polar surface area (TPSA) is 49.4 Å². The second kappa shape index (κ2) is 6.20. The minimum Gasteiger partial charge on any atom is -0.324 e. The standard InChI is InChI=1S/C18H17FN2O2/c1-12-4-2-3-5-15(12)20-18(23)16-10-11-17(22)21(16)14-8-6-13(19)7-9-14/h2-9,16H,10-11H2,1H3,(H,20,23). The van der Waals surface area contributed by atoms with Gasteiger partial charge in [0.1, 0.15) is 11.9 Å². The number of carbonyl (C=O) groups excluding carboxylic acids is 2. The minimum atomic E-state index is -0.576. The van der Waals surface area contributed by atoms with E-state index < -0.39 is 6.04 Å². The summed E-state index contributed by atoms with van der Waals surface area (Å²) < 4.78 is 13.1. The van der Waals surface area contributed by atoms with Crippen LogP contribution in [0.1, 0.15) is 18.4 Å². The zero-order chi connectivity index (χ0) is 16.4. The Morgan fingerprint density at radius 3 is 2.57 bits per heavy atom. The number of anilines is 2. The molecular formula is C18H17FN2O2. The molecule has 0 radical (unpaired) electrons. The number of para-hydroxylation sites is 1. The fraction of sp³-hybridized carbons (Fsp3) is 0.222. The van der Waals surface area contributed by atoms with Crippen molar-refractivity contribution in [1.29, 1.82) is 0 Å². The number of amides is 2. The first-order valence-corrected chi connectivity index (χ1v) is 7.50. The molecule has 5 heteroatoms. The molecule has 23 heavy (non-hydrogen) atoms. The van der Waals surface area contributed by atoms with Crippen LogP contribution in [0.5, 0.6) is 0 Å². The normalized spacial score (nSPS) is 17.4. The Hall–Kier alpha value is -2.69. The third-order valence-corrected chi connectivity index (χ3v) is 4.02. The van der Waals surface area contributed by atoms with Gasteiger partial charge in [-0.15, -0.1) is 0 Å². The van der Waals surface area contributed by atoms with Gasteiger partial charge in [-0.25, -0.2) is 4.39 Å². The van der Waals surface area contributed by atoms with Crippen molar-refractivity contribution in [3.05, 3.63) is 59.9 Å². The van der Waals surface area contributed by atoms with Crippen LogP contribution < -0.4 is 10.2 Å². The number of benzene rings is 2. The number of hydrogen-bond acceptors (Lipinski definition) is 2. The van der Waals surface area contributed by atoms with Crippen molar-refractivity contribution in [2.45, 2.75) is 25.8 Å². The lowest BCUT2D eigenvalue weighted by Crippen LogP contribution is -2.41. The summed E-state index contributed by atoms with van der Waals surface area (Å²) in [6.07, 6.45) is 0.761. The third kappa shape index (κ3) is 3.08. The van der Waals surface area contributed by atoms with Gasteiger partial charge >= 0.3 is 0 Å². The van der Waals surface area contributed by atoms with Crippen molar-refractivity contribution in [3.63, 3.8) is 0 Å². The van der Waals surface area contributed by atoms with E-state index in [-0.39, 0.29) is 17.6 Å². The lowest BCUT2D eigenvalue weighted by Gasteiger charge is -2.24. The molecule has 1 unspecified atom stereocenters. The van der Waals surface area contributed by atoms with Crippen LogP contribution in [0.4, 0.5) is 15.8 Å². The van der Waals surface area contributed by atoms with Gasteiger partial charge in [0, 0.05) is 17.8 Å². The molecule has 2 aromatic rings. The Morgan fingerprint density at radius 2 is 1.87 bits per heavy atom. The van der Waals surface area contributed by atoms with Gasteiger partial charge in [0.2, 0.25) is 11.8 Å². The van der Waals surface area contributed by atoms with Crippen molar-refractivity contribution in [2.75, 3.05) is 10.2 Å². The van der Waals surface area contributed by atoms with Crippen LogP contribution in [0.3, 0.4) is 0 Å². The number of nitrogens with one attached hydrogen (secondary N) is 1. The highest BCUT2D eigenvalue weighted by Crippen LogP contribution is 2.28.